The summed E-state index contributed by atoms with van der Waals surface area (Å²) in [6, 6.07) is 0. The van der Waals surface area contributed by atoms with Crippen LogP contribution in [0, 0.1) is 11.3 Å². The molecule has 1 heteroatoms. The molecule has 0 saturated carbocycles. The lowest BCUT2D eigenvalue weighted by atomic mass is 9.83. The summed E-state index contributed by atoms with van der Waals surface area (Å²) in [6.07, 6.45) is 3.92. The Labute approximate surface area is 77.2 Å². The predicted molar refractivity (Wildman–Crippen MR) is 56.3 cm³/mol. The predicted octanol–water partition coefficient (Wildman–Crippen LogP) is 3.77. The second-order valence-corrected chi connectivity index (χ2v) is 4.57. The van der Waals surface area contributed by atoms with Gasteiger partial charge in [-0.3, -0.25) is 0 Å². The van der Waals surface area contributed by atoms with Crippen LogP contribution < -0.4 is 0 Å². The molecule has 0 aromatic rings. The summed E-state index contributed by atoms with van der Waals surface area (Å²) in [6.45, 7) is 9.17. The Balaban J connectivity index is 3.69. The summed E-state index contributed by atoms with van der Waals surface area (Å²) < 4.78 is 0. The normalized spacial score (nSPS) is 16.9. The molecule has 0 rings (SSSR count). The molecule has 0 aliphatic heterocycles. The summed E-state index contributed by atoms with van der Waals surface area (Å²) in [7, 11) is 0. The lowest BCUT2D eigenvalue weighted by Gasteiger charge is -2.26. The van der Waals surface area contributed by atoms with Gasteiger partial charge in [0.15, 0.2) is 0 Å². The summed E-state index contributed by atoms with van der Waals surface area (Å²) >= 11 is 4.38. The van der Waals surface area contributed by atoms with E-state index < -0.39 is 0 Å². The van der Waals surface area contributed by atoms with E-state index in [1.165, 1.54) is 19.3 Å². The Morgan fingerprint density at radius 1 is 1.36 bits per heavy atom. The van der Waals surface area contributed by atoms with E-state index in [0.29, 0.717) is 5.41 Å². The smallest absolute Gasteiger partial charge is 0.00439 e. The van der Waals surface area contributed by atoms with Crippen molar-refractivity contribution in [1.82, 2.24) is 0 Å². The van der Waals surface area contributed by atoms with Gasteiger partial charge in [0.25, 0.3) is 0 Å². The van der Waals surface area contributed by atoms with Crippen molar-refractivity contribution in [2.45, 2.75) is 47.0 Å². The second-order valence-electron chi connectivity index (χ2n) is 4.25. The molecule has 0 aromatic heterocycles. The minimum Gasteiger partial charge on any atom is -0.179 e. The summed E-state index contributed by atoms with van der Waals surface area (Å²) in [4.78, 5) is 0. The van der Waals surface area contributed by atoms with Crippen LogP contribution in [0.15, 0.2) is 0 Å². The quantitative estimate of drug-likeness (QED) is 0.603. The SMILES string of the molecule is CCC(C)(CS)CCC(C)C. The van der Waals surface area contributed by atoms with Gasteiger partial charge in [0.1, 0.15) is 0 Å². The molecule has 0 N–H and O–H groups in total. The Kier molecular flexibility index (Phi) is 5.24. The third-order valence-corrected chi connectivity index (χ3v) is 3.32. The van der Waals surface area contributed by atoms with E-state index in [4.69, 9.17) is 0 Å². The summed E-state index contributed by atoms with van der Waals surface area (Å²) in [5, 5.41) is 0. The first-order chi connectivity index (χ1) is 5.04. The fourth-order valence-corrected chi connectivity index (χ4v) is 1.39. The molecular weight excluding hydrogens is 152 g/mol. The highest BCUT2D eigenvalue weighted by Gasteiger charge is 2.19. The van der Waals surface area contributed by atoms with Crippen LogP contribution in [0.4, 0.5) is 0 Å². The van der Waals surface area contributed by atoms with Gasteiger partial charge in [0.05, 0.1) is 0 Å². The zero-order valence-corrected chi connectivity index (χ0v) is 9.25. The molecule has 0 nitrogen and oxygen atoms in total. The summed E-state index contributed by atoms with van der Waals surface area (Å²) in [5.41, 5.74) is 0.480. The van der Waals surface area contributed by atoms with Gasteiger partial charge in [-0.05, 0) is 29.9 Å². The molecule has 0 bridgehead atoms. The highest BCUT2D eigenvalue weighted by molar-refractivity contribution is 7.80. The Bertz CT molecular complexity index is 93.0. The lowest BCUT2D eigenvalue weighted by Crippen LogP contribution is -2.17. The maximum absolute atomic E-state index is 4.38. The van der Waals surface area contributed by atoms with Crippen molar-refractivity contribution in [3.05, 3.63) is 0 Å². The van der Waals surface area contributed by atoms with Crippen molar-refractivity contribution in [3.8, 4) is 0 Å². The molecule has 0 radical (unpaired) electrons. The maximum atomic E-state index is 4.38. The minimum absolute atomic E-state index is 0.480. The average molecular weight is 174 g/mol. The van der Waals surface area contributed by atoms with Gasteiger partial charge in [0.2, 0.25) is 0 Å². The van der Waals surface area contributed by atoms with Crippen molar-refractivity contribution >= 4 is 12.6 Å². The lowest BCUT2D eigenvalue weighted by molar-refractivity contribution is 0.302. The van der Waals surface area contributed by atoms with Gasteiger partial charge in [-0.2, -0.15) is 12.6 Å². The van der Waals surface area contributed by atoms with E-state index in [-0.39, 0.29) is 0 Å². The van der Waals surface area contributed by atoms with Gasteiger partial charge < -0.3 is 0 Å². The van der Waals surface area contributed by atoms with E-state index in [1.807, 2.05) is 0 Å². The molecule has 0 amide bonds. The first kappa shape index (κ1) is 11.4. The van der Waals surface area contributed by atoms with Gasteiger partial charge in [-0.15, -0.1) is 0 Å². The highest BCUT2D eigenvalue weighted by Crippen LogP contribution is 2.29. The van der Waals surface area contributed by atoms with E-state index in [9.17, 15) is 0 Å². The molecule has 0 spiro atoms. The van der Waals surface area contributed by atoms with Gasteiger partial charge >= 0.3 is 0 Å². The first-order valence-corrected chi connectivity index (χ1v) is 5.28. The molecule has 0 fully saturated rings. The Hall–Kier alpha value is 0.350. The van der Waals surface area contributed by atoms with E-state index in [0.717, 1.165) is 11.7 Å². The molecule has 0 heterocycles. The molecule has 1 unspecified atom stereocenters. The molecule has 0 aliphatic carbocycles. The fourth-order valence-electron chi connectivity index (χ4n) is 1.00. The number of hydrogen-bond acceptors (Lipinski definition) is 1. The van der Waals surface area contributed by atoms with E-state index in [2.05, 4.69) is 40.3 Å². The topological polar surface area (TPSA) is 0 Å². The monoisotopic (exact) mass is 174 g/mol. The van der Waals surface area contributed by atoms with Crippen LogP contribution >= 0.6 is 12.6 Å². The Morgan fingerprint density at radius 2 is 1.91 bits per heavy atom. The third-order valence-electron chi connectivity index (χ3n) is 2.56. The standard InChI is InChI=1S/C10H22S/c1-5-10(4,8-11)7-6-9(2)3/h9,11H,5-8H2,1-4H3. The van der Waals surface area contributed by atoms with Crippen LogP contribution in [0.1, 0.15) is 47.0 Å². The molecule has 0 aliphatic rings. The number of hydrogen-bond donors (Lipinski definition) is 1. The van der Waals surface area contributed by atoms with Crippen molar-refractivity contribution in [2.75, 3.05) is 5.75 Å². The molecule has 11 heavy (non-hydrogen) atoms. The molecule has 68 valence electrons. The van der Waals surface area contributed by atoms with Crippen molar-refractivity contribution in [2.24, 2.45) is 11.3 Å². The fraction of sp³-hybridized carbons (Fsp3) is 1.00. The second kappa shape index (κ2) is 5.08. The van der Waals surface area contributed by atoms with Crippen LogP contribution in [-0.2, 0) is 0 Å². The highest BCUT2D eigenvalue weighted by atomic mass is 32.1. The number of thiol groups is 1. The molecule has 0 saturated heterocycles. The van der Waals surface area contributed by atoms with Gasteiger partial charge in [0, 0.05) is 0 Å². The van der Waals surface area contributed by atoms with Gasteiger partial charge in [-0.1, -0.05) is 34.1 Å². The van der Waals surface area contributed by atoms with Crippen molar-refractivity contribution in [1.29, 1.82) is 0 Å². The van der Waals surface area contributed by atoms with E-state index in [1.54, 1.807) is 0 Å². The Morgan fingerprint density at radius 3 is 2.18 bits per heavy atom. The molecular formula is C10H22S. The summed E-state index contributed by atoms with van der Waals surface area (Å²) in [5.74, 6) is 1.86. The van der Waals surface area contributed by atoms with Gasteiger partial charge in [-0.25, -0.2) is 0 Å². The van der Waals surface area contributed by atoms with Crippen LogP contribution in [0.5, 0.6) is 0 Å². The van der Waals surface area contributed by atoms with Crippen LogP contribution in [-0.4, -0.2) is 5.75 Å². The zero-order valence-electron chi connectivity index (χ0n) is 8.35. The maximum Gasteiger partial charge on any atom is -0.00439 e. The van der Waals surface area contributed by atoms with Crippen LogP contribution in [0.2, 0.25) is 0 Å². The zero-order chi connectivity index (χ0) is 8.91. The van der Waals surface area contributed by atoms with Crippen LogP contribution in [0.25, 0.3) is 0 Å². The van der Waals surface area contributed by atoms with Crippen molar-refractivity contribution in [3.63, 3.8) is 0 Å². The van der Waals surface area contributed by atoms with Crippen molar-refractivity contribution < 1.29 is 0 Å². The largest absolute Gasteiger partial charge is 0.179 e. The minimum atomic E-state index is 0.480. The number of rotatable bonds is 5. The third kappa shape index (κ3) is 4.73. The molecule has 0 aromatic carbocycles. The first-order valence-electron chi connectivity index (χ1n) is 4.65. The van der Waals surface area contributed by atoms with Crippen LogP contribution in [0.3, 0.4) is 0 Å². The molecule has 1 atom stereocenters. The van der Waals surface area contributed by atoms with E-state index >= 15 is 0 Å². The average Bonchev–Trinajstić information content (AvgIpc) is 2.00.